The molecule has 96 valence electrons. The van der Waals surface area contributed by atoms with Gasteiger partial charge in [-0.05, 0) is 24.6 Å². The Labute approximate surface area is 106 Å². The van der Waals surface area contributed by atoms with Crippen molar-refractivity contribution in [3.8, 4) is 6.07 Å². The van der Waals surface area contributed by atoms with Gasteiger partial charge in [-0.25, -0.2) is 0 Å². The van der Waals surface area contributed by atoms with E-state index in [1.807, 2.05) is 25.1 Å². The number of nitriles is 1. The van der Waals surface area contributed by atoms with E-state index < -0.39 is 12.1 Å². The van der Waals surface area contributed by atoms with Crippen LogP contribution in [0.5, 0.6) is 0 Å². The molecule has 0 amide bonds. The molecule has 5 nitrogen and oxygen atoms in total. The highest BCUT2D eigenvalue weighted by Gasteiger charge is 2.11. The van der Waals surface area contributed by atoms with E-state index in [9.17, 15) is 9.90 Å². The number of aliphatic hydroxyl groups is 1. The second kappa shape index (κ2) is 6.74. The molecule has 0 fully saturated rings. The topological polar surface area (TPSA) is 93.3 Å². The number of benzene rings is 1. The normalized spacial score (nSPS) is 13.6. The summed E-state index contributed by atoms with van der Waals surface area (Å²) in [4.78, 5) is 10.4. The van der Waals surface area contributed by atoms with E-state index in [4.69, 9.17) is 10.4 Å². The number of nitrogens with one attached hydrogen (secondary N) is 1. The van der Waals surface area contributed by atoms with Crippen molar-refractivity contribution in [3.63, 3.8) is 0 Å². The largest absolute Gasteiger partial charge is 0.481 e. The van der Waals surface area contributed by atoms with Crippen molar-refractivity contribution in [2.75, 3.05) is 6.54 Å². The average Bonchev–Trinajstić information content (AvgIpc) is 2.35. The quantitative estimate of drug-likeness (QED) is 0.699. The monoisotopic (exact) mass is 248 g/mol. The molecule has 0 saturated heterocycles. The first kappa shape index (κ1) is 14.2. The van der Waals surface area contributed by atoms with Gasteiger partial charge in [-0.15, -0.1) is 0 Å². The fourth-order valence-corrected chi connectivity index (χ4v) is 1.55. The lowest BCUT2D eigenvalue weighted by molar-refractivity contribution is -0.139. The summed E-state index contributed by atoms with van der Waals surface area (Å²) in [5.41, 5.74) is 1.58. The number of hydrogen-bond acceptors (Lipinski definition) is 4. The predicted molar refractivity (Wildman–Crippen MR) is 65.8 cm³/mol. The molecule has 18 heavy (non-hydrogen) atoms. The highest BCUT2D eigenvalue weighted by molar-refractivity contribution is 5.67. The van der Waals surface area contributed by atoms with Gasteiger partial charge in [0.05, 0.1) is 24.2 Å². The average molecular weight is 248 g/mol. The number of carbonyl (C=O) groups is 1. The summed E-state index contributed by atoms with van der Waals surface area (Å²) in [6.45, 7) is 2.13. The van der Waals surface area contributed by atoms with Crippen molar-refractivity contribution in [1.29, 1.82) is 5.26 Å². The standard InChI is InChI=1S/C13H16N2O3/c1-9(15-8-12(16)6-13(17)18)11-4-2-10(7-14)3-5-11/h2-5,9,12,15-16H,6,8H2,1H3,(H,17,18). The minimum Gasteiger partial charge on any atom is -0.481 e. The van der Waals surface area contributed by atoms with E-state index in [0.717, 1.165) is 5.56 Å². The van der Waals surface area contributed by atoms with E-state index in [1.165, 1.54) is 0 Å². The number of hydrogen-bond donors (Lipinski definition) is 3. The SMILES string of the molecule is CC(NCC(O)CC(=O)O)c1ccc(C#N)cc1. The van der Waals surface area contributed by atoms with Crippen LogP contribution in [0.3, 0.4) is 0 Å². The summed E-state index contributed by atoms with van der Waals surface area (Å²) >= 11 is 0. The van der Waals surface area contributed by atoms with E-state index >= 15 is 0 Å². The van der Waals surface area contributed by atoms with Crippen LogP contribution in [0.25, 0.3) is 0 Å². The summed E-state index contributed by atoms with van der Waals surface area (Å²) < 4.78 is 0. The highest BCUT2D eigenvalue weighted by Crippen LogP contribution is 2.13. The molecule has 0 aliphatic carbocycles. The van der Waals surface area contributed by atoms with Gasteiger partial charge in [0, 0.05) is 12.6 Å². The Morgan fingerprint density at radius 1 is 1.44 bits per heavy atom. The molecule has 0 bridgehead atoms. The lowest BCUT2D eigenvalue weighted by Crippen LogP contribution is -2.30. The van der Waals surface area contributed by atoms with Crippen molar-refractivity contribution >= 4 is 5.97 Å². The summed E-state index contributed by atoms with van der Waals surface area (Å²) in [5, 5.41) is 29.6. The molecule has 0 saturated carbocycles. The van der Waals surface area contributed by atoms with E-state index in [2.05, 4.69) is 5.32 Å². The maximum Gasteiger partial charge on any atom is 0.306 e. The third-order valence-corrected chi connectivity index (χ3v) is 2.61. The third kappa shape index (κ3) is 4.53. The molecule has 0 spiro atoms. The fraction of sp³-hybridized carbons (Fsp3) is 0.385. The van der Waals surface area contributed by atoms with Crippen LogP contribution in [0.4, 0.5) is 0 Å². The third-order valence-electron chi connectivity index (χ3n) is 2.61. The molecule has 0 heterocycles. The molecule has 0 aliphatic heterocycles. The molecule has 3 N–H and O–H groups in total. The predicted octanol–water partition coefficient (Wildman–Crippen LogP) is 1.04. The van der Waals surface area contributed by atoms with Gasteiger partial charge in [-0.1, -0.05) is 12.1 Å². The molecule has 5 heteroatoms. The molecular formula is C13H16N2O3. The maximum atomic E-state index is 10.4. The van der Waals surface area contributed by atoms with Crippen molar-refractivity contribution in [1.82, 2.24) is 5.32 Å². The van der Waals surface area contributed by atoms with Gasteiger partial charge in [0.2, 0.25) is 0 Å². The maximum absolute atomic E-state index is 10.4. The van der Waals surface area contributed by atoms with E-state index in [-0.39, 0.29) is 19.0 Å². The summed E-state index contributed by atoms with van der Waals surface area (Å²) in [7, 11) is 0. The van der Waals surface area contributed by atoms with Gasteiger partial charge in [-0.2, -0.15) is 5.26 Å². The zero-order valence-corrected chi connectivity index (χ0v) is 10.1. The minimum atomic E-state index is -1.02. The number of carboxylic acids is 1. The first-order valence-corrected chi connectivity index (χ1v) is 5.66. The summed E-state index contributed by atoms with van der Waals surface area (Å²) in [6, 6.07) is 9.14. The van der Waals surface area contributed by atoms with Crippen LogP contribution in [0.15, 0.2) is 24.3 Å². The Morgan fingerprint density at radius 2 is 2.06 bits per heavy atom. The lowest BCUT2D eigenvalue weighted by Gasteiger charge is -2.16. The second-order valence-electron chi connectivity index (χ2n) is 4.12. The fourth-order valence-electron chi connectivity index (χ4n) is 1.55. The smallest absolute Gasteiger partial charge is 0.306 e. The Hall–Kier alpha value is -1.90. The molecular weight excluding hydrogens is 232 g/mol. The minimum absolute atomic E-state index is 0.0128. The van der Waals surface area contributed by atoms with E-state index in [0.29, 0.717) is 5.56 Å². The van der Waals surface area contributed by atoms with Gasteiger partial charge < -0.3 is 15.5 Å². The molecule has 0 aromatic heterocycles. The summed E-state index contributed by atoms with van der Waals surface area (Å²) in [6.07, 6.45) is -1.17. The number of nitrogens with zero attached hydrogens (tertiary/aromatic N) is 1. The summed E-state index contributed by atoms with van der Waals surface area (Å²) in [5.74, 6) is -1.02. The first-order chi connectivity index (χ1) is 8.52. The van der Waals surface area contributed by atoms with Crippen LogP contribution in [0.2, 0.25) is 0 Å². The highest BCUT2D eigenvalue weighted by atomic mass is 16.4. The Kier molecular flexibility index (Phi) is 5.31. The second-order valence-corrected chi connectivity index (χ2v) is 4.12. The number of aliphatic hydroxyl groups excluding tert-OH is 1. The number of carboxylic acid groups (broad SMARTS) is 1. The van der Waals surface area contributed by atoms with Crippen LogP contribution >= 0.6 is 0 Å². The van der Waals surface area contributed by atoms with Crippen LogP contribution < -0.4 is 5.32 Å². The molecule has 2 unspecified atom stereocenters. The Balaban J connectivity index is 2.47. The van der Waals surface area contributed by atoms with Crippen molar-refractivity contribution < 1.29 is 15.0 Å². The van der Waals surface area contributed by atoms with E-state index in [1.54, 1.807) is 12.1 Å². The van der Waals surface area contributed by atoms with Crippen molar-refractivity contribution in [2.24, 2.45) is 0 Å². The van der Waals surface area contributed by atoms with Crippen LogP contribution in [0.1, 0.15) is 30.5 Å². The number of rotatable bonds is 6. The van der Waals surface area contributed by atoms with Crippen LogP contribution in [0, 0.1) is 11.3 Å². The van der Waals surface area contributed by atoms with Crippen molar-refractivity contribution in [2.45, 2.75) is 25.5 Å². The zero-order chi connectivity index (χ0) is 13.5. The van der Waals surface area contributed by atoms with Crippen LogP contribution in [-0.2, 0) is 4.79 Å². The van der Waals surface area contributed by atoms with Crippen LogP contribution in [-0.4, -0.2) is 28.8 Å². The molecule has 1 aromatic carbocycles. The van der Waals surface area contributed by atoms with Gasteiger partial charge in [0.15, 0.2) is 0 Å². The zero-order valence-electron chi connectivity index (χ0n) is 10.1. The molecule has 2 atom stereocenters. The van der Waals surface area contributed by atoms with Gasteiger partial charge in [-0.3, -0.25) is 4.79 Å². The Morgan fingerprint density at radius 3 is 2.56 bits per heavy atom. The molecule has 0 radical (unpaired) electrons. The van der Waals surface area contributed by atoms with Gasteiger partial charge in [0.1, 0.15) is 0 Å². The molecule has 0 aliphatic rings. The Bertz CT molecular complexity index is 437. The first-order valence-electron chi connectivity index (χ1n) is 5.66. The van der Waals surface area contributed by atoms with Gasteiger partial charge >= 0.3 is 5.97 Å². The molecule has 1 rings (SSSR count). The number of aliphatic carboxylic acids is 1. The van der Waals surface area contributed by atoms with Gasteiger partial charge in [0.25, 0.3) is 0 Å². The van der Waals surface area contributed by atoms with Crippen molar-refractivity contribution in [3.05, 3.63) is 35.4 Å². The molecule has 1 aromatic rings. The lowest BCUT2D eigenvalue weighted by atomic mass is 10.1.